The Morgan fingerprint density at radius 2 is 1.91 bits per heavy atom. The number of imide groups is 1. The van der Waals surface area contributed by atoms with Gasteiger partial charge in [0.1, 0.15) is 5.54 Å². The van der Waals surface area contributed by atoms with E-state index in [1.54, 1.807) is 13.0 Å². The van der Waals surface area contributed by atoms with Gasteiger partial charge in [-0.25, -0.2) is 4.90 Å². The molecular formula is C23H20N4O5. The summed E-state index contributed by atoms with van der Waals surface area (Å²) in [5, 5.41) is 14.4. The van der Waals surface area contributed by atoms with Crippen molar-refractivity contribution in [3.05, 3.63) is 63.7 Å². The zero-order valence-corrected chi connectivity index (χ0v) is 17.3. The van der Waals surface area contributed by atoms with E-state index in [4.69, 9.17) is 0 Å². The second kappa shape index (κ2) is 6.23. The summed E-state index contributed by atoms with van der Waals surface area (Å²) in [5.74, 6) is -2.67. The fourth-order valence-electron chi connectivity index (χ4n) is 6.35. The first-order chi connectivity index (χ1) is 15.4. The van der Waals surface area contributed by atoms with Gasteiger partial charge in [-0.2, -0.15) is 0 Å². The molecule has 4 atom stereocenters. The summed E-state index contributed by atoms with van der Waals surface area (Å²) in [4.78, 5) is 55.0. The Balaban J connectivity index is 1.53. The normalized spacial score (nSPS) is 30.6. The second-order valence-electron chi connectivity index (χ2n) is 8.91. The Labute approximate surface area is 183 Å². The minimum atomic E-state index is -1.24. The van der Waals surface area contributed by atoms with E-state index in [0.717, 1.165) is 23.3 Å². The van der Waals surface area contributed by atoms with Crippen LogP contribution in [0.3, 0.4) is 0 Å². The zero-order chi connectivity index (χ0) is 22.4. The fraction of sp³-hybridized carbons (Fsp3) is 0.348. The lowest BCUT2D eigenvalue weighted by Crippen LogP contribution is -2.54. The minimum Gasteiger partial charge on any atom is -0.324 e. The molecule has 0 aromatic heterocycles. The van der Waals surface area contributed by atoms with Crippen molar-refractivity contribution in [2.45, 2.75) is 31.3 Å². The number of amides is 3. The number of aryl methyl sites for hydroxylation is 1. The molecular weight excluding hydrogens is 412 g/mol. The Hall–Kier alpha value is -3.59. The molecule has 1 spiro atoms. The molecule has 2 aromatic rings. The molecule has 9 heteroatoms. The van der Waals surface area contributed by atoms with Crippen LogP contribution in [0, 0.1) is 28.9 Å². The minimum absolute atomic E-state index is 0.152. The molecule has 2 aromatic carbocycles. The fourth-order valence-corrected chi connectivity index (χ4v) is 6.35. The average Bonchev–Trinajstić information content (AvgIpc) is 3.47. The molecule has 3 amide bonds. The van der Waals surface area contributed by atoms with Gasteiger partial charge in [-0.05, 0) is 38.4 Å². The standard InChI is InChI=1S/C23H20N4O5/c1-12-8-9-13(11-17(12)27(31)32)26-20(28)18-16-7-4-10-25(16)23(19(18)21(26)29)14-5-2-3-6-15(14)24-22(23)30/h2-3,5-6,8-9,11,16,18-19H,4,7,10H2,1H3,(H,24,30)/t16-,18+,19+,23-/m0/s1. The monoisotopic (exact) mass is 432 g/mol. The van der Waals surface area contributed by atoms with Gasteiger partial charge in [0.05, 0.1) is 22.4 Å². The van der Waals surface area contributed by atoms with Crippen LogP contribution in [0.5, 0.6) is 0 Å². The van der Waals surface area contributed by atoms with Gasteiger partial charge in [0.25, 0.3) is 5.69 Å². The van der Waals surface area contributed by atoms with Crippen molar-refractivity contribution in [1.29, 1.82) is 0 Å². The van der Waals surface area contributed by atoms with Crippen LogP contribution in [0.2, 0.25) is 0 Å². The van der Waals surface area contributed by atoms with Crippen LogP contribution in [0.1, 0.15) is 24.0 Å². The van der Waals surface area contributed by atoms with Crippen molar-refractivity contribution in [2.24, 2.45) is 11.8 Å². The van der Waals surface area contributed by atoms with Gasteiger partial charge in [0.15, 0.2) is 0 Å². The van der Waals surface area contributed by atoms with Crippen molar-refractivity contribution >= 4 is 34.8 Å². The number of hydrogen-bond donors (Lipinski definition) is 1. The van der Waals surface area contributed by atoms with Crippen LogP contribution in [0.15, 0.2) is 42.5 Å². The van der Waals surface area contributed by atoms with Gasteiger partial charge in [-0.1, -0.05) is 24.3 Å². The highest BCUT2D eigenvalue weighted by molar-refractivity contribution is 6.26. The summed E-state index contributed by atoms with van der Waals surface area (Å²) < 4.78 is 0. The van der Waals surface area contributed by atoms with Gasteiger partial charge in [0.2, 0.25) is 17.7 Å². The zero-order valence-electron chi connectivity index (χ0n) is 17.3. The third-order valence-electron chi connectivity index (χ3n) is 7.55. The number of anilines is 2. The number of carbonyl (C=O) groups excluding carboxylic acids is 3. The Bertz CT molecular complexity index is 1240. The topological polar surface area (TPSA) is 113 Å². The van der Waals surface area contributed by atoms with Gasteiger partial charge in [0, 0.05) is 28.9 Å². The molecule has 0 radical (unpaired) electrons. The highest BCUT2D eigenvalue weighted by Crippen LogP contribution is 2.60. The van der Waals surface area contributed by atoms with E-state index < -0.39 is 28.2 Å². The van der Waals surface area contributed by atoms with Crippen molar-refractivity contribution in [2.75, 3.05) is 16.8 Å². The number of para-hydroxylation sites is 1. The third kappa shape index (κ3) is 2.09. The SMILES string of the molecule is Cc1ccc(N2C(=O)[C@@H]3[C@@H]4CCCN4[C@]4(C(=O)Nc5ccccc54)[C@H]3C2=O)cc1[N+](=O)[O-]. The van der Waals surface area contributed by atoms with Crippen molar-refractivity contribution in [1.82, 2.24) is 4.90 Å². The van der Waals surface area contributed by atoms with E-state index in [2.05, 4.69) is 5.32 Å². The molecule has 6 rings (SSSR count). The lowest BCUT2D eigenvalue weighted by molar-refractivity contribution is -0.385. The Kier molecular flexibility index (Phi) is 3.72. The highest BCUT2D eigenvalue weighted by Gasteiger charge is 2.74. The molecule has 4 aliphatic rings. The lowest BCUT2D eigenvalue weighted by Gasteiger charge is -2.36. The number of nitro benzene ring substituents is 1. The number of hydrogen-bond acceptors (Lipinski definition) is 6. The molecule has 1 N–H and O–H groups in total. The molecule has 3 fully saturated rings. The maximum Gasteiger partial charge on any atom is 0.274 e. The highest BCUT2D eigenvalue weighted by atomic mass is 16.6. The van der Waals surface area contributed by atoms with E-state index in [1.165, 1.54) is 12.1 Å². The summed E-state index contributed by atoms with van der Waals surface area (Å²) in [5.41, 5.74) is 0.622. The molecule has 0 unspecified atom stereocenters. The lowest BCUT2D eigenvalue weighted by atomic mass is 9.75. The van der Waals surface area contributed by atoms with Gasteiger partial charge in [-0.3, -0.25) is 29.4 Å². The number of benzene rings is 2. The maximum absolute atomic E-state index is 13.8. The van der Waals surface area contributed by atoms with Crippen LogP contribution in [-0.2, 0) is 19.9 Å². The molecule has 0 bridgehead atoms. The average molecular weight is 432 g/mol. The summed E-state index contributed by atoms with van der Waals surface area (Å²) in [6, 6.07) is 11.5. The molecule has 9 nitrogen and oxygen atoms in total. The second-order valence-corrected chi connectivity index (χ2v) is 8.91. The number of nitrogens with zero attached hydrogens (tertiary/aromatic N) is 3. The smallest absolute Gasteiger partial charge is 0.274 e. The van der Waals surface area contributed by atoms with E-state index in [-0.39, 0.29) is 29.2 Å². The maximum atomic E-state index is 13.8. The first-order valence-electron chi connectivity index (χ1n) is 10.7. The number of fused-ring (bicyclic) bond motifs is 7. The van der Waals surface area contributed by atoms with Crippen LogP contribution in [0.4, 0.5) is 17.1 Å². The van der Waals surface area contributed by atoms with Gasteiger partial charge in [-0.15, -0.1) is 0 Å². The van der Waals surface area contributed by atoms with Gasteiger partial charge >= 0.3 is 0 Å². The summed E-state index contributed by atoms with van der Waals surface area (Å²) in [7, 11) is 0. The molecule has 0 saturated carbocycles. The predicted octanol–water partition coefficient (Wildman–Crippen LogP) is 2.33. The third-order valence-corrected chi connectivity index (χ3v) is 7.55. The summed E-state index contributed by atoms with van der Waals surface area (Å²) >= 11 is 0. The number of nitrogens with one attached hydrogen (secondary N) is 1. The molecule has 4 heterocycles. The molecule has 4 aliphatic heterocycles. The van der Waals surface area contributed by atoms with Crippen molar-refractivity contribution in [3.8, 4) is 0 Å². The van der Waals surface area contributed by atoms with Crippen molar-refractivity contribution < 1.29 is 19.3 Å². The van der Waals surface area contributed by atoms with Crippen LogP contribution in [0.25, 0.3) is 0 Å². The number of rotatable bonds is 2. The van der Waals surface area contributed by atoms with Crippen LogP contribution >= 0.6 is 0 Å². The first kappa shape index (κ1) is 19.1. The number of carbonyl (C=O) groups is 3. The summed E-state index contributed by atoms with van der Waals surface area (Å²) in [6.45, 7) is 2.24. The van der Waals surface area contributed by atoms with E-state index in [1.807, 2.05) is 29.2 Å². The Morgan fingerprint density at radius 3 is 2.69 bits per heavy atom. The number of nitro groups is 1. The molecule has 0 aliphatic carbocycles. The van der Waals surface area contributed by atoms with E-state index >= 15 is 0 Å². The summed E-state index contributed by atoms with van der Waals surface area (Å²) in [6.07, 6.45) is 1.56. The van der Waals surface area contributed by atoms with Crippen LogP contribution in [-0.4, -0.2) is 40.1 Å². The molecule has 32 heavy (non-hydrogen) atoms. The molecule has 3 saturated heterocycles. The largest absolute Gasteiger partial charge is 0.324 e. The predicted molar refractivity (Wildman–Crippen MR) is 114 cm³/mol. The first-order valence-corrected chi connectivity index (χ1v) is 10.7. The van der Waals surface area contributed by atoms with Crippen LogP contribution < -0.4 is 10.2 Å². The Morgan fingerprint density at radius 1 is 1.12 bits per heavy atom. The quantitative estimate of drug-likeness (QED) is 0.443. The molecule has 162 valence electrons. The van der Waals surface area contributed by atoms with Crippen molar-refractivity contribution in [3.63, 3.8) is 0 Å². The van der Waals surface area contributed by atoms with E-state index in [9.17, 15) is 24.5 Å². The van der Waals surface area contributed by atoms with E-state index in [0.29, 0.717) is 17.8 Å². The van der Waals surface area contributed by atoms with Gasteiger partial charge < -0.3 is 5.32 Å².